The molecule has 0 aliphatic rings. The molecule has 0 saturated carbocycles. The van der Waals surface area contributed by atoms with Gasteiger partial charge in [-0.3, -0.25) is 14.2 Å². The van der Waals surface area contributed by atoms with E-state index in [0.717, 1.165) is 22.8 Å². The largest absolute Gasteiger partial charge is 0.416 e. The SMILES string of the molecule is O=C(Cn1c(=O)n(-c2ccccc2F)c(=O)c2ccccc21)NCc1cccc(C(F)(F)F)c1. The van der Waals surface area contributed by atoms with E-state index < -0.39 is 41.3 Å². The maximum atomic E-state index is 14.4. The van der Waals surface area contributed by atoms with Crippen molar-refractivity contribution in [1.29, 1.82) is 0 Å². The van der Waals surface area contributed by atoms with Crippen LogP contribution in [0, 0.1) is 5.82 Å². The molecule has 3 aromatic carbocycles. The normalized spacial score (nSPS) is 11.5. The van der Waals surface area contributed by atoms with Gasteiger partial charge in [-0.2, -0.15) is 13.2 Å². The molecule has 174 valence electrons. The molecule has 0 fully saturated rings. The second-order valence-electron chi connectivity index (χ2n) is 7.45. The molecule has 0 aliphatic carbocycles. The van der Waals surface area contributed by atoms with Crippen LogP contribution >= 0.6 is 0 Å². The number of carbonyl (C=O) groups excluding carboxylic acids is 1. The number of nitrogens with one attached hydrogen (secondary N) is 1. The van der Waals surface area contributed by atoms with E-state index in [1.165, 1.54) is 42.5 Å². The number of amides is 1. The van der Waals surface area contributed by atoms with E-state index in [1.807, 2.05) is 0 Å². The quantitative estimate of drug-likeness (QED) is 0.452. The number of fused-ring (bicyclic) bond motifs is 1. The lowest BCUT2D eigenvalue weighted by molar-refractivity contribution is -0.137. The van der Waals surface area contributed by atoms with E-state index in [4.69, 9.17) is 0 Å². The summed E-state index contributed by atoms with van der Waals surface area (Å²) >= 11 is 0. The standard InChI is InChI=1S/C24H17F4N3O3/c25-18-9-2-4-11-20(18)31-22(33)17-8-1-3-10-19(17)30(23(31)34)14-21(32)29-13-15-6-5-7-16(12-15)24(26,27)28/h1-12H,13-14H2,(H,29,32). The Morgan fingerprint density at radius 2 is 1.62 bits per heavy atom. The number of hydrogen-bond acceptors (Lipinski definition) is 3. The van der Waals surface area contributed by atoms with Crippen molar-refractivity contribution in [1.82, 2.24) is 14.5 Å². The van der Waals surface area contributed by atoms with Crippen molar-refractivity contribution in [3.63, 3.8) is 0 Å². The third-order valence-corrected chi connectivity index (χ3v) is 5.19. The second-order valence-corrected chi connectivity index (χ2v) is 7.45. The lowest BCUT2D eigenvalue weighted by atomic mass is 10.1. The van der Waals surface area contributed by atoms with Gasteiger partial charge in [0.25, 0.3) is 5.56 Å². The Kier molecular flexibility index (Phi) is 6.06. The summed E-state index contributed by atoms with van der Waals surface area (Å²) in [6.45, 7) is -0.741. The van der Waals surface area contributed by atoms with Crippen LogP contribution in [0.25, 0.3) is 16.6 Å². The van der Waals surface area contributed by atoms with Crippen LogP contribution in [-0.2, 0) is 24.1 Å². The third-order valence-electron chi connectivity index (χ3n) is 5.19. The van der Waals surface area contributed by atoms with Crippen molar-refractivity contribution in [2.75, 3.05) is 0 Å². The molecular formula is C24H17F4N3O3. The van der Waals surface area contributed by atoms with Crippen molar-refractivity contribution in [2.45, 2.75) is 19.3 Å². The minimum absolute atomic E-state index is 0.0935. The van der Waals surface area contributed by atoms with Crippen LogP contribution in [0.3, 0.4) is 0 Å². The molecule has 4 rings (SSSR count). The van der Waals surface area contributed by atoms with E-state index >= 15 is 0 Å². The van der Waals surface area contributed by atoms with Gasteiger partial charge < -0.3 is 5.32 Å². The van der Waals surface area contributed by atoms with Crippen LogP contribution in [0.1, 0.15) is 11.1 Å². The second kappa shape index (κ2) is 8.97. The zero-order valence-corrected chi connectivity index (χ0v) is 17.5. The van der Waals surface area contributed by atoms with E-state index in [1.54, 1.807) is 12.1 Å². The Balaban J connectivity index is 1.69. The molecule has 6 nitrogen and oxygen atoms in total. The smallest absolute Gasteiger partial charge is 0.350 e. The number of rotatable bonds is 5. The highest BCUT2D eigenvalue weighted by Gasteiger charge is 2.30. The Bertz CT molecular complexity index is 1510. The fraction of sp³-hybridized carbons (Fsp3) is 0.125. The molecule has 1 amide bonds. The fourth-order valence-electron chi connectivity index (χ4n) is 3.58. The van der Waals surface area contributed by atoms with Crippen LogP contribution in [0.5, 0.6) is 0 Å². The summed E-state index contributed by atoms with van der Waals surface area (Å²) in [4.78, 5) is 38.7. The monoisotopic (exact) mass is 471 g/mol. The first-order valence-electron chi connectivity index (χ1n) is 10.1. The van der Waals surface area contributed by atoms with Gasteiger partial charge in [-0.1, -0.05) is 36.4 Å². The van der Waals surface area contributed by atoms with E-state index in [-0.39, 0.29) is 28.7 Å². The zero-order valence-electron chi connectivity index (χ0n) is 17.5. The molecule has 1 N–H and O–H groups in total. The topological polar surface area (TPSA) is 73.1 Å². The summed E-state index contributed by atoms with van der Waals surface area (Å²) in [5.74, 6) is -1.47. The van der Waals surface area contributed by atoms with E-state index in [0.29, 0.717) is 4.57 Å². The summed E-state index contributed by atoms with van der Waals surface area (Å²) in [5.41, 5.74) is -2.40. The molecule has 0 aliphatic heterocycles. The highest BCUT2D eigenvalue weighted by molar-refractivity contribution is 5.82. The minimum Gasteiger partial charge on any atom is -0.350 e. The molecule has 1 aromatic heterocycles. The van der Waals surface area contributed by atoms with Crippen molar-refractivity contribution >= 4 is 16.8 Å². The van der Waals surface area contributed by atoms with Gasteiger partial charge in [0.05, 0.1) is 22.2 Å². The predicted molar refractivity (Wildman–Crippen MR) is 117 cm³/mol. The van der Waals surface area contributed by atoms with Crippen LogP contribution in [0.4, 0.5) is 17.6 Å². The summed E-state index contributed by atoms with van der Waals surface area (Å²) in [5, 5.41) is 2.57. The molecule has 1 heterocycles. The van der Waals surface area contributed by atoms with Gasteiger partial charge in [-0.25, -0.2) is 13.8 Å². The van der Waals surface area contributed by atoms with Gasteiger partial charge >= 0.3 is 11.9 Å². The molecule has 0 saturated heterocycles. The first-order valence-corrected chi connectivity index (χ1v) is 10.1. The first-order chi connectivity index (χ1) is 16.2. The summed E-state index contributed by atoms with van der Waals surface area (Å²) in [7, 11) is 0. The summed E-state index contributed by atoms with van der Waals surface area (Å²) in [6, 6.07) is 15.8. The van der Waals surface area contributed by atoms with Crippen LogP contribution in [-0.4, -0.2) is 15.0 Å². The van der Waals surface area contributed by atoms with Gasteiger partial charge in [0.1, 0.15) is 12.4 Å². The van der Waals surface area contributed by atoms with Gasteiger partial charge in [0.2, 0.25) is 5.91 Å². The van der Waals surface area contributed by atoms with Crippen LogP contribution < -0.4 is 16.6 Å². The number of nitrogens with zero attached hydrogens (tertiary/aromatic N) is 2. The maximum absolute atomic E-state index is 14.4. The molecule has 0 bridgehead atoms. The van der Waals surface area contributed by atoms with Gasteiger partial charge in [0, 0.05) is 6.54 Å². The summed E-state index contributed by atoms with van der Waals surface area (Å²) in [6.07, 6.45) is -4.52. The van der Waals surface area contributed by atoms with Crippen molar-refractivity contribution in [2.24, 2.45) is 0 Å². The maximum Gasteiger partial charge on any atom is 0.416 e. The molecule has 0 radical (unpaired) electrons. The highest BCUT2D eigenvalue weighted by atomic mass is 19.4. The Labute approximate surface area is 189 Å². The van der Waals surface area contributed by atoms with Gasteiger partial charge in [0.15, 0.2) is 0 Å². The van der Waals surface area contributed by atoms with Crippen molar-refractivity contribution in [3.05, 3.63) is 111 Å². The number of aromatic nitrogens is 2. The molecule has 34 heavy (non-hydrogen) atoms. The zero-order chi connectivity index (χ0) is 24.5. The summed E-state index contributed by atoms with van der Waals surface area (Å²) < 4.78 is 54.8. The lowest BCUT2D eigenvalue weighted by Gasteiger charge is -2.15. The average Bonchev–Trinajstić information content (AvgIpc) is 2.81. The molecule has 0 unspecified atom stereocenters. The predicted octanol–water partition coefficient (Wildman–Crippen LogP) is 3.63. The number of carbonyl (C=O) groups is 1. The molecule has 0 atom stereocenters. The van der Waals surface area contributed by atoms with Crippen molar-refractivity contribution < 1.29 is 22.4 Å². The van der Waals surface area contributed by atoms with E-state index in [2.05, 4.69) is 5.32 Å². The third kappa shape index (κ3) is 4.47. The average molecular weight is 471 g/mol. The van der Waals surface area contributed by atoms with Gasteiger partial charge in [-0.05, 0) is 42.0 Å². The van der Waals surface area contributed by atoms with E-state index in [9.17, 15) is 31.9 Å². The first kappa shape index (κ1) is 23.0. The van der Waals surface area contributed by atoms with Crippen LogP contribution in [0.2, 0.25) is 0 Å². The molecular weight excluding hydrogens is 454 g/mol. The number of para-hydroxylation sites is 2. The van der Waals surface area contributed by atoms with Crippen LogP contribution in [0.15, 0.2) is 82.4 Å². The molecule has 0 spiro atoms. The number of halogens is 4. The highest BCUT2D eigenvalue weighted by Crippen LogP contribution is 2.29. The fourth-order valence-corrected chi connectivity index (χ4v) is 3.58. The minimum atomic E-state index is -4.52. The Morgan fingerprint density at radius 3 is 2.35 bits per heavy atom. The Morgan fingerprint density at radius 1 is 0.912 bits per heavy atom. The molecule has 10 heteroatoms. The van der Waals surface area contributed by atoms with Crippen molar-refractivity contribution in [3.8, 4) is 5.69 Å². The van der Waals surface area contributed by atoms with Gasteiger partial charge in [-0.15, -0.1) is 0 Å². The lowest BCUT2D eigenvalue weighted by Crippen LogP contribution is -2.42. The number of alkyl halides is 3. The molecule has 4 aromatic rings. The Hall–Kier alpha value is -4.21. The number of hydrogen-bond donors (Lipinski definition) is 1. The number of benzene rings is 3.